The fraction of sp³-hybridized carbons (Fsp3) is 0.462. The van der Waals surface area contributed by atoms with Crippen molar-refractivity contribution in [2.75, 3.05) is 18.0 Å². The zero-order valence-corrected chi connectivity index (χ0v) is 10.0. The highest BCUT2D eigenvalue weighted by atomic mass is 16.4. The van der Waals surface area contributed by atoms with E-state index in [9.17, 15) is 4.79 Å². The molecule has 0 aromatic heterocycles. The van der Waals surface area contributed by atoms with E-state index in [1.165, 1.54) is 5.56 Å². The van der Waals surface area contributed by atoms with Crippen molar-refractivity contribution >= 4 is 11.7 Å². The molecule has 0 aliphatic carbocycles. The average Bonchev–Trinajstić information content (AvgIpc) is 2.47. The van der Waals surface area contributed by atoms with Crippen molar-refractivity contribution in [1.29, 1.82) is 0 Å². The number of hydrogen-bond donors (Lipinski definition) is 2. The molecule has 1 aromatic rings. The first kappa shape index (κ1) is 11.9. The third-order valence-corrected chi connectivity index (χ3v) is 3.06. The summed E-state index contributed by atoms with van der Waals surface area (Å²) in [7, 11) is 0. The largest absolute Gasteiger partial charge is 0.481 e. The van der Waals surface area contributed by atoms with Gasteiger partial charge in [0.05, 0.1) is 6.42 Å². The maximum Gasteiger partial charge on any atom is 0.305 e. The number of aliphatic carboxylic acids is 1. The predicted octanol–water partition coefficient (Wildman–Crippen LogP) is 1.46. The van der Waals surface area contributed by atoms with Gasteiger partial charge in [-0.25, -0.2) is 0 Å². The van der Waals surface area contributed by atoms with E-state index in [0.717, 1.165) is 18.8 Å². The summed E-state index contributed by atoms with van der Waals surface area (Å²) in [5.41, 5.74) is 2.40. The normalized spacial score (nSPS) is 19.6. The molecule has 0 radical (unpaired) electrons. The maximum atomic E-state index is 10.7. The van der Waals surface area contributed by atoms with Crippen molar-refractivity contribution in [3.05, 3.63) is 29.8 Å². The standard InChI is InChI=1S/C13H18N2O2/c1-10-9-15(7-6-13(16)17)12-5-3-2-4-11(12)8-14-10/h2-5,10,14H,6-9H2,1H3,(H,16,17). The Hall–Kier alpha value is -1.55. The monoisotopic (exact) mass is 234 g/mol. The van der Waals surface area contributed by atoms with Crippen LogP contribution in [0.15, 0.2) is 24.3 Å². The van der Waals surface area contributed by atoms with Gasteiger partial charge in [-0.2, -0.15) is 0 Å². The van der Waals surface area contributed by atoms with E-state index in [4.69, 9.17) is 5.11 Å². The Labute approximate surface area is 101 Å². The van der Waals surface area contributed by atoms with Gasteiger partial charge in [0.25, 0.3) is 0 Å². The fourth-order valence-corrected chi connectivity index (χ4v) is 2.19. The van der Waals surface area contributed by atoms with Gasteiger partial charge in [0.2, 0.25) is 0 Å². The summed E-state index contributed by atoms with van der Waals surface area (Å²) < 4.78 is 0. The van der Waals surface area contributed by atoms with Gasteiger partial charge in [-0.05, 0) is 18.6 Å². The number of carbonyl (C=O) groups is 1. The molecule has 1 heterocycles. The summed E-state index contributed by atoms with van der Waals surface area (Å²) in [5.74, 6) is -0.743. The Morgan fingerprint density at radius 1 is 1.53 bits per heavy atom. The van der Waals surface area contributed by atoms with Crippen LogP contribution in [0.5, 0.6) is 0 Å². The second kappa shape index (κ2) is 5.19. The van der Waals surface area contributed by atoms with Crippen LogP contribution < -0.4 is 10.2 Å². The minimum Gasteiger partial charge on any atom is -0.481 e. The Morgan fingerprint density at radius 2 is 2.29 bits per heavy atom. The molecule has 1 atom stereocenters. The summed E-state index contributed by atoms with van der Waals surface area (Å²) in [4.78, 5) is 12.8. The fourth-order valence-electron chi connectivity index (χ4n) is 2.19. The zero-order chi connectivity index (χ0) is 12.3. The first-order valence-corrected chi connectivity index (χ1v) is 5.95. The molecule has 0 amide bonds. The number of hydrogen-bond acceptors (Lipinski definition) is 3. The van der Waals surface area contributed by atoms with Crippen molar-refractivity contribution in [3.63, 3.8) is 0 Å². The molecule has 0 saturated heterocycles. The van der Waals surface area contributed by atoms with E-state index >= 15 is 0 Å². The number of rotatable bonds is 3. The highest BCUT2D eigenvalue weighted by Crippen LogP contribution is 2.23. The number of carboxylic acids is 1. The molecule has 1 aliphatic rings. The molecule has 1 aromatic carbocycles. The van der Waals surface area contributed by atoms with Crippen LogP contribution in [0.2, 0.25) is 0 Å². The predicted molar refractivity (Wildman–Crippen MR) is 67.2 cm³/mol. The van der Waals surface area contributed by atoms with Gasteiger partial charge in [0, 0.05) is 31.4 Å². The summed E-state index contributed by atoms with van der Waals surface area (Å²) in [6.07, 6.45) is 0.182. The van der Waals surface area contributed by atoms with E-state index < -0.39 is 5.97 Å². The van der Waals surface area contributed by atoms with Crippen molar-refractivity contribution in [3.8, 4) is 0 Å². The van der Waals surface area contributed by atoms with Crippen molar-refractivity contribution in [2.45, 2.75) is 25.9 Å². The molecule has 4 nitrogen and oxygen atoms in total. The van der Waals surface area contributed by atoms with Gasteiger partial charge < -0.3 is 15.3 Å². The number of anilines is 1. The summed E-state index contributed by atoms with van der Waals surface area (Å²) >= 11 is 0. The number of nitrogens with one attached hydrogen (secondary N) is 1. The molecule has 0 saturated carbocycles. The Kier molecular flexibility index (Phi) is 3.64. The third kappa shape index (κ3) is 2.97. The smallest absolute Gasteiger partial charge is 0.305 e. The minimum absolute atomic E-state index is 0.182. The zero-order valence-electron chi connectivity index (χ0n) is 10.0. The Bertz CT molecular complexity index is 406. The van der Waals surface area contributed by atoms with E-state index in [-0.39, 0.29) is 6.42 Å². The SMILES string of the molecule is CC1CN(CCC(=O)O)c2ccccc2CN1. The third-order valence-electron chi connectivity index (χ3n) is 3.06. The lowest BCUT2D eigenvalue weighted by Crippen LogP contribution is -2.37. The minimum atomic E-state index is -0.743. The van der Waals surface area contributed by atoms with Crippen LogP contribution in [0.1, 0.15) is 18.9 Å². The quantitative estimate of drug-likeness (QED) is 0.831. The van der Waals surface area contributed by atoms with Gasteiger partial charge in [-0.3, -0.25) is 4.79 Å². The lowest BCUT2D eigenvalue weighted by atomic mass is 10.1. The topological polar surface area (TPSA) is 52.6 Å². The first-order valence-electron chi connectivity index (χ1n) is 5.95. The molecule has 0 fully saturated rings. The van der Waals surface area contributed by atoms with Gasteiger partial charge in [0.15, 0.2) is 0 Å². The molecule has 4 heteroatoms. The number of benzene rings is 1. The van der Waals surface area contributed by atoms with E-state index in [2.05, 4.69) is 29.3 Å². The molecule has 1 unspecified atom stereocenters. The maximum absolute atomic E-state index is 10.7. The average molecular weight is 234 g/mol. The highest BCUT2D eigenvalue weighted by molar-refractivity contribution is 5.68. The Balaban J connectivity index is 2.19. The van der Waals surface area contributed by atoms with Crippen LogP contribution in [0.4, 0.5) is 5.69 Å². The summed E-state index contributed by atoms with van der Waals surface area (Å²) in [6, 6.07) is 8.55. The molecule has 2 N–H and O–H groups in total. The van der Waals surface area contributed by atoms with Gasteiger partial charge in [0.1, 0.15) is 0 Å². The van der Waals surface area contributed by atoms with E-state index in [0.29, 0.717) is 12.6 Å². The van der Waals surface area contributed by atoms with E-state index in [1.807, 2.05) is 12.1 Å². The first-order chi connectivity index (χ1) is 8.16. The molecular weight excluding hydrogens is 216 g/mol. The molecule has 1 aliphatic heterocycles. The highest BCUT2D eigenvalue weighted by Gasteiger charge is 2.18. The molecule has 0 spiro atoms. The van der Waals surface area contributed by atoms with Crippen LogP contribution in [0, 0.1) is 0 Å². The van der Waals surface area contributed by atoms with Crippen LogP contribution >= 0.6 is 0 Å². The van der Waals surface area contributed by atoms with Crippen molar-refractivity contribution in [2.24, 2.45) is 0 Å². The van der Waals surface area contributed by atoms with Gasteiger partial charge in [-0.1, -0.05) is 18.2 Å². The van der Waals surface area contributed by atoms with Crippen LogP contribution in [-0.2, 0) is 11.3 Å². The molecule has 0 bridgehead atoms. The summed E-state index contributed by atoms with van der Waals surface area (Å²) in [6.45, 7) is 4.39. The van der Waals surface area contributed by atoms with Crippen molar-refractivity contribution in [1.82, 2.24) is 5.32 Å². The van der Waals surface area contributed by atoms with Crippen LogP contribution in [0.3, 0.4) is 0 Å². The van der Waals surface area contributed by atoms with Crippen molar-refractivity contribution < 1.29 is 9.90 Å². The van der Waals surface area contributed by atoms with Crippen LogP contribution in [-0.4, -0.2) is 30.2 Å². The molecule has 92 valence electrons. The number of fused-ring (bicyclic) bond motifs is 1. The second-order valence-corrected chi connectivity index (χ2v) is 4.50. The Morgan fingerprint density at radius 3 is 3.06 bits per heavy atom. The number of carboxylic acid groups (broad SMARTS) is 1. The van der Waals surface area contributed by atoms with E-state index in [1.54, 1.807) is 0 Å². The molecule has 2 rings (SSSR count). The lowest BCUT2D eigenvalue weighted by Gasteiger charge is -2.25. The molecule has 17 heavy (non-hydrogen) atoms. The van der Waals surface area contributed by atoms with Gasteiger partial charge in [-0.15, -0.1) is 0 Å². The number of nitrogens with zero attached hydrogens (tertiary/aromatic N) is 1. The molecular formula is C13H18N2O2. The lowest BCUT2D eigenvalue weighted by molar-refractivity contribution is -0.136. The summed E-state index contributed by atoms with van der Waals surface area (Å²) in [5, 5.41) is 12.2. The number of para-hydroxylation sites is 1. The second-order valence-electron chi connectivity index (χ2n) is 4.50. The van der Waals surface area contributed by atoms with Crippen LogP contribution in [0.25, 0.3) is 0 Å². The van der Waals surface area contributed by atoms with Gasteiger partial charge >= 0.3 is 5.97 Å².